The van der Waals surface area contributed by atoms with E-state index in [9.17, 15) is 4.79 Å². The highest BCUT2D eigenvalue weighted by Gasteiger charge is 2.15. The van der Waals surface area contributed by atoms with Crippen molar-refractivity contribution in [1.82, 2.24) is 10.1 Å². The van der Waals surface area contributed by atoms with Gasteiger partial charge < -0.3 is 9.84 Å². The summed E-state index contributed by atoms with van der Waals surface area (Å²) in [4.78, 5) is 18.6. The molecule has 1 amide bonds. The number of carbonyl (C=O) groups is 1. The van der Waals surface area contributed by atoms with Crippen molar-refractivity contribution >= 4 is 22.9 Å². The minimum atomic E-state index is -0.0286. The Labute approximate surface area is 144 Å². The molecule has 5 nitrogen and oxygen atoms in total. The molecule has 0 aliphatic heterocycles. The molecule has 124 valence electrons. The summed E-state index contributed by atoms with van der Waals surface area (Å²) in [6.07, 6.45) is 1.07. The lowest BCUT2D eigenvalue weighted by atomic mass is 10.1. The highest BCUT2D eigenvalue weighted by molar-refractivity contribution is 7.16. The van der Waals surface area contributed by atoms with Crippen LogP contribution in [0.2, 0.25) is 0 Å². The number of aryl methyl sites for hydroxylation is 3. The molecule has 0 radical (unpaired) electrons. The van der Waals surface area contributed by atoms with E-state index >= 15 is 0 Å². The average molecular weight is 341 g/mol. The number of rotatable bonds is 5. The smallest absolute Gasteiger partial charge is 0.228 e. The summed E-state index contributed by atoms with van der Waals surface area (Å²) in [5, 5.41) is 6.96. The number of thiophene rings is 1. The van der Waals surface area contributed by atoms with Crippen LogP contribution in [-0.4, -0.2) is 16.0 Å². The minimum absolute atomic E-state index is 0.0286. The lowest BCUT2D eigenvalue weighted by molar-refractivity contribution is -0.115. The number of aromatic nitrogens is 2. The average Bonchev–Trinajstić information content (AvgIpc) is 3.17. The van der Waals surface area contributed by atoms with Crippen molar-refractivity contribution in [2.75, 3.05) is 5.32 Å². The first-order valence-electron chi connectivity index (χ1n) is 7.84. The SMILES string of the molecule is CCc1nc(-c2cc(NC(=O)Cc3ccccc3C)c(C)s2)no1. The van der Waals surface area contributed by atoms with Gasteiger partial charge in [-0.2, -0.15) is 4.98 Å². The lowest BCUT2D eigenvalue weighted by Crippen LogP contribution is -2.15. The normalized spacial score (nSPS) is 10.8. The van der Waals surface area contributed by atoms with Gasteiger partial charge in [-0.3, -0.25) is 4.79 Å². The van der Waals surface area contributed by atoms with Gasteiger partial charge in [0.15, 0.2) is 0 Å². The Bertz CT molecular complexity index is 867. The largest absolute Gasteiger partial charge is 0.339 e. The van der Waals surface area contributed by atoms with Crippen molar-refractivity contribution in [3.8, 4) is 10.7 Å². The predicted molar refractivity (Wildman–Crippen MR) is 95.2 cm³/mol. The second-order valence-electron chi connectivity index (χ2n) is 5.60. The Kier molecular flexibility index (Phi) is 4.76. The van der Waals surface area contributed by atoms with E-state index < -0.39 is 0 Å². The third-order valence-corrected chi connectivity index (χ3v) is 4.84. The van der Waals surface area contributed by atoms with Crippen molar-refractivity contribution in [2.45, 2.75) is 33.6 Å². The van der Waals surface area contributed by atoms with Gasteiger partial charge in [0.2, 0.25) is 17.6 Å². The molecule has 0 atom stereocenters. The fourth-order valence-electron chi connectivity index (χ4n) is 2.39. The maximum atomic E-state index is 12.3. The first kappa shape index (κ1) is 16.4. The number of nitrogens with one attached hydrogen (secondary N) is 1. The van der Waals surface area contributed by atoms with Crippen LogP contribution in [0.4, 0.5) is 5.69 Å². The van der Waals surface area contributed by atoms with Gasteiger partial charge in [-0.15, -0.1) is 11.3 Å². The molecule has 3 rings (SSSR count). The Morgan fingerprint density at radius 2 is 2.08 bits per heavy atom. The lowest BCUT2D eigenvalue weighted by Gasteiger charge is -2.06. The van der Waals surface area contributed by atoms with E-state index in [0.29, 0.717) is 24.6 Å². The van der Waals surface area contributed by atoms with E-state index in [-0.39, 0.29) is 5.91 Å². The number of hydrogen-bond donors (Lipinski definition) is 1. The van der Waals surface area contributed by atoms with Gasteiger partial charge in [-0.05, 0) is 31.0 Å². The van der Waals surface area contributed by atoms with Crippen molar-refractivity contribution in [1.29, 1.82) is 0 Å². The Morgan fingerprint density at radius 3 is 2.79 bits per heavy atom. The predicted octanol–water partition coefficient (Wildman–Crippen LogP) is 4.16. The Balaban J connectivity index is 1.73. The molecule has 0 unspecified atom stereocenters. The van der Waals surface area contributed by atoms with Gasteiger partial charge in [0.05, 0.1) is 17.0 Å². The summed E-state index contributed by atoms with van der Waals surface area (Å²) in [5.74, 6) is 1.15. The van der Waals surface area contributed by atoms with E-state index in [0.717, 1.165) is 26.6 Å². The van der Waals surface area contributed by atoms with Crippen LogP contribution in [0.1, 0.15) is 28.8 Å². The van der Waals surface area contributed by atoms with Crippen LogP contribution in [0.5, 0.6) is 0 Å². The molecule has 0 bridgehead atoms. The molecule has 0 aliphatic rings. The van der Waals surface area contributed by atoms with Crippen LogP contribution in [0, 0.1) is 13.8 Å². The highest BCUT2D eigenvalue weighted by Crippen LogP contribution is 2.32. The van der Waals surface area contributed by atoms with Gasteiger partial charge in [0, 0.05) is 11.3 Å². The van der Waals surface area contributed by atoms with Crippen LogP contribution in [0.25, 0.3) is 10.7 Å². The van der Waals surface area contributed by atoms with Gasteiger partial charge in [-0.25, -0.2) is 0 Å². The van der Waals surface area contributed by atoms with E-state index in [4.69, 9.17) is 4.52 Å². The maximum absolute atomic E-state index is 12.3. The second kappa shape index (κ2) is 6.97. The van der Waals surface area contributed by atoms with Crippen molar-refractivity contribution in [2.24, 2.45) is 0 Å². The minimum Gasteiger partial charge on any atom is -0.339 e. The number of carbonyl (C=O) groups excluding carboxylic acids is 1. The molecule has 0 spiro atoms. The van der Waals surface area contributed by atoms with Crippen molar-refractivity contribution < 1.29 is 9.32 Å². The summed E-state index contributed by atoms with van der Waals surface area (Å²) in [6.45, 7) is 5.95. The molecule has 0 fully saturated rings. The standard InChI is InChI=1S/C18H19N3O2S/c1-4-17-20-18(21-23-17)15-10-14(12(3)24-15)19-16(22)9-13-8-6-5-7-11(13)2/h5-8,10H,4,9H2,1-3H3,(H,19,22). The van der Waals surface area contributed by atoms with Crippen LogP contribution < -0.4 is 5.32 Å². The van der Waals surface area contributed by atoms with E-state index in [1.54, 1.807) is 11.3 Å². The van der Waals surface area contributed by atoms with Crippen LogP contribution in [0.15, 0.2) is 34.9 Å². The zero-order valence-corrected chi connectivity index (χ0v) is 14.7. The Hall–Kier alpha value is -2.47. The summed E-state index contributed by atoms with van der Waals surface area (Å²) in [5.41, 5.74) is 2.96. The molecule has 3 aromatic rings. The fourth-order valence-corrected chi connectivity index (χ4v) is 3.29. The van der Waals surface area contributed by atoms with Gasteiger partial charge in [0.25, 0.3) is 0 Å². The monoisotopic (exact) mass is 341 g/mol. The van der Waals surface area contributed by atoms with Crippen LogP contribution in [-0.2, 0) is 17.6 Å². The fraction of sp³-hybridized carbons (Fsp3) is 0.278. The summed E-state index contributed by atoms with van der Waals surface area (Å²) >= 11 is 1.54. The molecule has 24 heavy (non-hydrogen) atoms. The molecular formula is C18H19N3O2S. The number of nitrogens with zero attached hydrogens (tertiary/aromatic N) is 2. The molecular weight excluding hydrogens is 322 g/mol. The Morgan fingerprint density at radius 1 is 1.29 bits per heavy atom. The summed E-state index contributed by atoms with van der Waals surface area (Å²) < 4.78 is 5.15. The summed E-state index contributed by atoms with van der Waals surface area (Å²) in [6, 6.07) is 9.82. The quantitative estimate of drug-likeness (QED) is 0.756. The molecule has 6 heteroatoms. The molecule has 1 aromatic carbocycles. The van der Waals surface area contributed by atoms with E-state index in [1.807, 2.05) is 51.1 Å². The zero-order valence-electron chi connectivity index (χ0n) is 13.9. The highest BCUT2D eigenvalue weighted by atomic mass is 32.1. The summed E-state index contributed by atoms with van der Waals surface area (Å²) in [7, 11) is 0. The molecule has 2 heterocycles. The topological polar surface area (TPSA) is 68.0 Å². The van der Waals surface area contributed by atoms with Crippen molar-refractivity contribution in [3.63, 3.8) is 0 Å². The van der Waals surface area contributed by atoms with E-state index in [2.05, 4.69) is 15.5 Å². The number of benzene rings is 1. The molecule has 0 aliphatic carbocycles. The zero-order chi connectivity index (χ0) is 17.1. The number of hydrogen-bond acceptors (Lipinski definition) is 5. The second-order valence-corrected chi connectivity index (χ2v) is 6.85. The van der Waals surface area contributed by atoms with Crippen LogP contribution in [0.3, 0.4) is 0 Å². The number of amides is 1. The third-order valence-electron chi connectivity index (χ3n) is 3.80. The van der Waals surface area contributed by atoms with Crippen LogP contribution >= 0.6 is 11.3 Å². The van der Waals surface area contributed by atoms with E-state index in [1.165, 1.54) is 0 Å². The molecule has 2 aromatic heterocycles. The molecule has 0 saturated heterocycles. The van der Waals surface area contributed by atoms with Gasteiger partial charge in [0.1, 0.15) is 0 Å². The maximum Gasteiger partial charge on any atom is 0.228 e. The number of anilines is 1. The third kappa shape index (κ3) is 3.54. The first-order valence-corrected chi connectivity index (χ1v) is 8.66. The molecule has 0 saturated carbocycles. The van der Waals surface area contributed by atoms with Crippen molar-refractivity contribution in [3.05, 3.63) is 52.2 Å². The molecule has 1 N–H and O–H groups in total. The van der Waals surface area contributed by atoms with Gasteiger partial charge in [-0.1, -0.05) is 36.3 Å². The van der Waals surface area contributed by atoms with Gasteiger partial charge >= 0.3 is 0 Å². The first-order chi connectivity index (χ1) is 11.6.